The maximum atomic E-state index is 13.3. The highest BCUT2D eigenvalue weighted by Gasteiger charge is 2.31. The SMILES string of the molecule is FC(F)(F)c1ccc(/C(=C\c2ccc(/C=C\c3cc(/C=C\c4ccc(/C=C(/c5ccccc5)c5ccc(C(F)(F)F)cc5)cc4)c4ccccc4c3)cc2)c2ccccc2)cc1. The third-order valence-electron chi connectivity index (χ3n) is 10.6. The van der Waals surface area contributed by atoms with Gasteiger partial charge in [-0.2, -0.15) is 26.3 Å². The molecule has 0 aliphatic carbocycles. The molecule has 6 heteroatoms. The quantitative estimate of drug-likeness (QED) is 0.0952. The Balaban J connectivity index is 1.02. The van der Waals surface area contributed by atoms with Gasteiger partial charge in [0.05, 0.1) is 11.1 Å². The van der Waals surface area contributed by atoms with Crippen LogP contribution >= 0.6 is 0 Å². The van der Waals surface area contributed by atoms with Crippen LogP contribution in [0.1, 0.15) is 66.8 Å². The standard InChI is InChI=1S/C56H38F6/c57-55(58,59)50-31-27-46(28-32-50)53(44-9-3-1-4-10-44)37-41-20-15-39(16-21-41)19-24-43-35-48-13-7-8-14-52(48)49(36-43)26-25-40-17-22-42(23-18-40)38-54(45-11-5-2-6-12-45)47-29-33-51(34-30-47)56(60,61)62/h1-38H/b24-19-,26-25-,53-37-,54-38-. The van der Waals surface area contributed by atoms with Gasteiger partial charge >= 0.3 is 12.4 Å². The van der Waals surface area contributed by atoms with Gasteiger partial charge in [0.1, 0.15) is 0 Å². The second-order valence-electron chi connectivity index (χ2n) is 14.8. The topological polar surface area (TPSA) is 0 Å². The summed E-state index contributed by atoms with van der Waals surface area (Å²) in [6.45, 7) is 0. The Morgan fingerprint density at radius 3 is 1.15 bits per heavy atom. The Morgan fingerprint density at radius 2 is 0.694 bits per heavy atom. The van der Waals surface area contributed by atoms with Crippen LogP contribution in [0.25, 0.3) is 58.4 Å². The highest BCUT2D eigenvalue weighted by Crippen LogP contribution is 2.34. The Hall–Kier alpha value is -7.44. The van der Waals surface area contributed by atoms with Crippen LogP contribution in [-0.2, 0) is 12.4 Å². The molecule has 0 amide bonds. The van der Waals surface area contributed by atoms with E-state index in [4.69, 9.17) is 0 Å². The number of hydrogen-bond donors (Lipinski definition) is 0. The van der Waals surface area contributed by atoms with Gasteiger partial charge in [0, 0.05) is 0 Å². The summed E-state index contributed by atoms with van der Waals surface area (Å²) in [5.41, 5.74) is 9.35. The van der Waals surface area contributed by atoms with Crippen LogP contribution in [0.4, 0.5) is 26.3 Å². The maximum absolute atomic E-state index is 13.3. The van der Waals surface area contributed by atoms with Crippen molar-refractivity contribution in [3.05, 3.63) is 261 Å². The van der Waals surface area contributed by atoms with Gasteiger partial charge in [-0.3, -0.25) is 0 Å². The first kappa shape index (κ1) is 41.3. The van der Waals surface area contributed by atoms with Gasteiger partial charge < -0.3 is 0 Å². The van der Waals surface area contributed by atoms with Crippen LogP contribution in [0.2, 0.25) is 0 Å². The number of hydrogen-bond acceptors (Lipinski definition) is 0. The first-order chi connectivity index (χ1) is 30.0. The van der Waals surface area contributed by atoms with Crippen molar-refractivity contribution in [2.45, 2.75) is 12.4 Å². The lowest BCUT2D eigenvalue weighted by Gasteiger charge is -2.12. The molecule has 0 aromatic heterocycles. The number of benzene rings is 8. The highest BCUT2D eigenvalue weighted by atomic mass is 19.4. The molecule has 0 unspecified atom stereocenters. The van der Waals surface area contributed by atoms with Gasteiger partial charge in [-0.15, -0.1) is 0 Å². The van der Waals surface area contributed by atoms with Crippen molar-refractivity contribution in [2.24, 2.45) is 0 Å². The summed E-state index contributed by atoms with van der Waals surface area (Å²) in [4.78, 5) is 0. The number of alkyl halides is 6. The first-order valence-electron chi connectivity index (χ1n) is 19.9. The number of rotatable bonds is 10. The fourth-order valence-corrected chi connectivity index (χ4v) is 7.30. The molecular weight excluding hydrogens is 787 g/mol. The lowest BCUT2D eigenvalue weighted by molar-refractivity contribution is -0.138. The summed E-state index contributed by atoms with van der Waals surface area (Å²) >= 11 is 0. The molecule has 0 saturated heterocycles. The van der Waals surface area contributed by atoms with Gasteiger partial charge in [0.25, 0.3) is 0 Å². The van der Waals surface area contributed by atoms with Gasteiger partial charge in [0.15, 0.2) is 0 Å². The zero-order valence-corrected chi connectivity index (χ0v) is 33.2. The summed E-state index contributed by atoms with van der Waals surface area (Å²) in [6, 6.07) is 58.4. The minimum absolute atomic E-state index is 0.683. The van der Waals surface area contributed by atoms with Crippen LogP contribution < -0.4 is 0 Å². The minimum atomic E-state index is -4.41. The third-order valence-corrected chi connectivity index (χ3v) is 10.6. The van der Waals surface area contributed by atoms with E-state index in [0.717, 1.165) is 90.7 Å². The van der Waals surface area contributed by atoms with Gasteiger partial charge in [-0.1, -0.05) is 182 Å². The average Bonchev–Trinajstić information content (AvgIpc) is 3.29. The van der Waals surface area contributed by atoms with Crippen molar-refractivity contribution in [3.63, 3.8) is 0 Å². The Bertz CT molecular complexity index is 2900. The molecule has 304 valence electrons. The third kappa shape index (κ3) is 10.1. The van der Waals surface area contributed by atoms with E-state index in [1.165, 1.54) is 24.3 Å². The van der Waals surface area contributed by atoms with Gasteiger partial charge in [0.2, 0.25) is 0 Å². The number of fused-ring (bicyclic) bond motifs is 1. The molecule has 0 aliphatic rings. The molecule has 0 heterocycles. The monoisotopic (exact) mass is 824 g/mol. The smallest absolute Gasteiger partial charge is 0.166 e. The molecule has 0 saturated carbocycles. The van der Waals surface area contributed by atoms with E-state index in [-0.39, 0.29) is 0 Å². The second-order valence-corrected chi connectivity index (χ2v) is 14.8. The van der Waals surface area contributed by atoms with Crippen LogP contribution in [-0.4, -0.2) is 0 Å². The molecule has 0 fully saturated rings. The van der Waals surface area contributed by atoms with E-state index in [2.05, 4.69) is 48.6 Å². The lowest BCUT2D eigenvalue weighted by Crippen LogP contribution is -2.04. The summed E-state index contributed by atoms with van der Waals surface area (Å²) in [5.74, 6) is 0. The molecule has 0 bridgehead atoms. The molecule has 8 aromatic carbocycles. The molecule has 0 N–H and O–H groups in total. The van der Waals surface area contributed by atoms with Crippen LogP contribution in [0, 0.1) is 0 Å². The minimum Gasteiger partial charge on any atom is -0.166 e. The predicted molar refractivity (Wildman–Crippen MR) is 244 cm³/mol. The van der Waals surface area contributed by atoms with E-state index >= 15 is 0 Å². The average molecular weight is 825 g/mol. The first-order valence-corrected chi connectivity index (χ1v) is 19.9. The predicted octanol–water partition coefficient (Wildman–Crippen LogP) is 16.4. The summed E-state index contributed by atoms with van der Waals surface area (Å²) in [5, 5.41) is 2.21. The molecule has 0 atom stereocenters. The van der Waals surface area contributed by atoms with Crippen LogP contribution in [0.5, 0.6) is 0 Å². The largest absolute Gasteiger partial charge is 0.416 e. The highest BCUT2D eigenvalue weighted by molar-refractivity contribution is 5.96. The van der Waals surface area contributed by atoms with Crippen molar-refractivity contribution < 1.29 is 26.3 Å². The van der Waals surface area contributed by atoms with Crippen molar-refractivity contribution in [3.8, 4) is 0 Å². The molecule has 62 heavy (non-hydrogen) atoms. The molecule has 0 spiro atoms. The summed E-state index contributed by atoms with van der Waals surface area (Å²) in [7, 11) is 0. The van der Waals surface area contributed by atoms with Crippen LogP contribution in [0.3, 0.4) is 0 Å². The summed E-state index contributed by atoms with van der Waals surface area (Å²) < 4.78 is 79.8. The fraction of sp³-hybridized carbons (Fsp3) is 0.0357. The van der Waals surface area contributed by atoms with Crippen molar-refractivity contribution >= 4 is 58.4 Å². The summed E-state index contributed by atoms with van der Waals surface area (Å²) in [6.07, 6.45) is 3.47. The second kappa shape index (κ2) is 18.0. The van der Waals surface area contributed by atoms with Crippen molar-refractivity contribution in [1.82, 2.24) is 0 Å². The van der Waals surface area contributed by atoms with E-state index in [1.54, 1.807) is 0 Å². The van der Waals surface area contributed by atoms with E-state index in [0.29, 0.717) is 11.1 Å². The molecule has 0 aliphatic heterocycles. The molecule has 0 nitrogen and oxygen atoms in total. The van der Waals surface area contributed by atoms with Gasteiger partial charge in [-0.05, 0) is 126 Å². The zero-order chi connectivity index (χ0) is 43.1. The van der Waals surface area contributed by atoms with E-state index in [9.17, 15) is 26.3 Å². The van der Waals surface area contributed by atoms with E-state index in [1.807, 2.05) is 133 Å². The molecule has 8 rings (SSSR count). The van der Waals surface area contributed by atoms with E-state index < -0.39 is 23.5 Å². The molecule has 0 radical (unpaired) electrons. The zero-order valence-electron chi connectivity index (χ0n) is 33.2. The Morgan fingerprint density at radius 1 is 0.323 bits per heavy atom. The fourth-order valence-electron chi connectivity index (χ4n) is 7.30. The lowest BCUT2D eigenvalue weighted by atomic mass is 9.94. The maximum Gasteiger partial charge on any atom is 0.416 e. The van der Waals surface area contributed by atoms with Gasteiger partial charge in [-0.25, -0.2) is 0 Å². The molecular formula is C56H38F6. The normalized spacial score (nSPS) is 12.7. The Labute approximate surface area is 356 Å². The number of halogens is 6. The van der Waals surface area contributed by atoms with Crippen molar-refractivity contribution in [1.29, 1.82) is 0 Å². The van der Waals surface area contributed by atoms with Crippen LogP contribution in [0.15, 0.2) is 194 Å². The molecule has 8 aromatic rings. The Kier molecular flexibility index (Phi) is 12.0. The van der Waals surface area contributed by atoms with Crippen molar-refractivity contribution in [2.75, 3.05) is 0 Å².